The highest BCUT2D eigenvalue weighted by Crippen LogP contribution is 2.12. The van der Waals surface area contributed by atoms with Crippen LogP contribution in [0.3, 0.4) is 0 Å². The highest BCUT2D eigenvalue weighted by molar-refractivity contribution is 5.96. The molecule has 0 saturated heterocycles. The molecular formula is C10H13N2O2. The van der Waals surface area contributed by atoms with Crippen molar-refractivity contribution in [2.75, 3.05) is 6.54 Å². The Morgan fingerprint density at radius 2 is 2.29 bits per heavy atom. The molecule has 1 aromatic heterocycles. The summed E-state index contributed by atoms with van der Waals surface area (Å²) in [7, 11) is 0. The van der Waals surface area contributed by atoms with Gasteiger partial charge in [-0.25, -0.2) is 4.98 Å². The van der Waals surface area contributed by atoms with Gasteiger partial charge < -0.3 is 5.32 Å². The van der Waals surface area contributed by atoms with Crippen LogP contribution in [0.2, 0.25) is 0 Å². The lowest BCUT2D eigenvalue weighted by molar-refractivity contribution is 0.0943. The number of aromatic nitrogens is 1. The number of amides is 1. The summed E-state index contributed by atoms with van der Waals surface area (Å²) in [6, 6.07) is 3.05. The van der Waals surface area contributed by atoms with Crippen LogP contribution in [-0.2, 0) is 5.11 Å². The molecule has 0 fully saturated rings. The molecule has 0 spiro atoms. The molecule has 1 radical (unpaired) electrons. The molecule has 0 bridgehead atoms. The van der Waals surface area contributed by atoms with Crippen molar-refractivity contribution in [1.29, 1.82) is 0 Å². The largest absolute Gasteiger partial charge is 0.352 e. The smallest absolute Gasteiger partial charge is 0.282 e. The molecule has 14 heavy (non-hydrogen) atoms. The van der Waals surface area contributed by atoms with Crippen LogP contribution in [0.25, 0.3) is 0 Å². The van der Waals surface area contributed by atoms with Crippen molar-refractivity contribution in [1.82, 2.24) is 10.3 Å². The summed E-state index contributed by atoms with van der Waals surface area (Å²) in [5.74, 6) is -0.462. The van der Waals surface area contributed by atoms with Crippen molar-refractivity contribution in [2.45, 2.75) is 13.8 Å². The molecule has 4 nitrogen and oxygen atoms in total. The third kappa shape index (κ3) is 2.73. The first-order chi connectivity index (χ1) is 6.61. The minimum atomic E-state index is -0.478. The summed E-state index contributed by atoms with van der Waals surface area (Å²) >= 11 is 0. The Morgan fingerprint density at radius 1 is 1.57 bits per heavy atom. The zero-order valence-corrected chi connectivity index (χ0v) is 8.28. The molecular weight excluding hydrogens is 180 g/mol. The predicted octanol–water partition coefficient (Wildman–Crippen LogP) is 1.61. The van der Waals surface area contributed by atoms with Crippen LogP contribution in [0, 0.1) is 5.92 Å². The number of carbonyl (C=O) groups excluding carboxylic acids is 1. The van der Waals surface area contributed by atoms with E-state index in [0.717, 1.165) is 0 Å². The third-order valence-corrected chi connectivity index (χ3v) is 1.69. The van der Waals surface area contributed by atoms with Crippen LogP contribution in [0.4, 0.5) is 0 Å². The number of hydrogen-bond donors (Lipinski definition) is 1. The molecule has 1 rings (SSSR count). The molecule has 1 amide bonds. The number of pyridine rings is 1. The number of nitrogens with one attached hydrogen (secondary N) is 1. The van der Waals surface area contributed by atoms with Gasteiger partial charge in [0.25, 0.3) is 11.8 Å². The molecule has 0 aliphatic rings. The van der Waals surface area contributed by atoms with Crippen molar-refractivity contribution >= 4 is 5.91 Å². The monoisotopic (exact) mass is 193 g/mol. The SMILES string of the molecule is CC(C)CNC(=O)c1cccnc1[O]. The van der Waals surface area contributed by atoms with E-state index in [2.05, 4.69) is 10.3 Å². The summed E-state index contributed by atoms with van der Waals surface area (Å²) < 4.78 is 0. The zero-order chi connectivity index (χ0) is 10.6. The maximum atomic E-state index is 11.4. The van der Waals surface area contributed by atoms with E-state index in [1.54, 1.807) is 6.07 Å². The van der Waals surface area contributed by atoms with Gasteiger partial charge in [0.1, 0.15) is 5.56 Å². The Labute approximate surface area is 83.0 Å². The Bertz CT molecular complexity index is 324. The van der Waals surface area contributed by atoms with Crippen LogP contribution in [-0.4, -0.2) is 17.4 Å². The lowest BCUT2D eigenvalue weighted by Gasteiger charge is -2.06. The van der Waals surface area contributed by atoms with Gasteiger partial charge in [-0.3, -0.25) is 9.90 Å². The van der Waals surface area contributed by atoms with E-state index in [9.17, 15) is 9.90 Å². The van der Waals surface area contributed by atoms with Crippen molar-refractivity contribution in [3.63, 3.8) is 0 Å². The molecule has 0 aliphatic heterocycles. The molecule has 0 aliphatic carbocycles. The van der Waals surface area contributed by atoms with Gasteiger partial charge >= 0.3 is 0 Å². The van der Waals surface area contributed by atoms with Crippen LogP contribution >= 0.6 is 0 Å². The highest BCUT2D eigenvalue weighted by Gasteiger charge is 2.12. The summed E-state index contributed by atoms with van der Waals surface area (Å²) in [4.78, 5) is 14.9. The second-order valence-electron chi connectivity index (χ2n) is 3.46. The van der Waals surface area contributed by atoms with Gasteiger partial charge in [-0.05, 0) is 18.1 Å². The lowest BCUT2D eigenvalue weighted by atomic mass is 10.2. The minimum absolute atomic E-state index is 0.105. The topological polar surface area (TPSA) is 61.9 Å². The van der Waals surface area contributed by atoms with E-state index in [4.69, 9.17) is 0 Å². The van der Waals surface area contributed by atoms with E-state index < -0.39 is 5.88 Å². The molecule has 4 heteroatoms. The first-order valence-electron chi connectivity index (χ1n) is 4.51. The second-order valence-corrected chi connectivity index (χ2v) is 3.46. The van der Waals surface area contributed by atoms with Gasteiger partial charge in [0.15, 0.2) is 0 Å². The van der Waals surface area contributed by atoms with Gasteiger partial charge in [0.05, 0.1) is 0 Å². The van der Waals surface area contributed by atoms with Gasteiger partial charge in [0, 0.05) is 12.7 Å². The Balaban J connectivity index is 2.65. The maximum Gasteiger partial charge on any atom is 0.282 e. The fourth-order valence-electron chi connectivity index (χ4n) is 0.956. The van der Waals surface area contributed by atoms with Crippen LogP contribution in [0.5, 0.6) is 5.88 Å². The van der Waals surface area contributed by atoms with Crippen LogP contribution in [0.1, 0.15) is 24.2 Å². The molecule has 1 aromatic rings. The van der Waals surface area contributed by atoms with E-state index in [-0.39, 0.29) is 11.5 Å². The van der Waals surface area contributed by atoms with Gasteiger partial charge in [-0.15, -0.1) is 0 Å². The van der Waals surface area contributed by atoms with Gasteiger partial charge in [0.2, 0.25) is 0 Å². The van der Waals surface area contributed by atoms with Crippen LogP contribution < -0.4 is 5.32 Å². The lowest BCUT2D eigenvalue weighted by Crippen LogP contribution is -2.27. The molecule has 1 heterocycles. The minimum Gasteiger partial charge on any atom is -0.352 e. The summed E-state index contributed by atoms with van der Waals surface area (Å²) in [6.07, 6.45) is 1.38. The summed E-state index contributed by atoms with van der Waals surface area (Å²) in [6.45, 7) is 4.54. The summed E-state index contributed by atoms with van der Waals surface area (Å²) in [5.41, 5.74) is 0.105. The number of carbonyl (C=O) groups is 1. The Hall–Kier alpha value is -1.58. The van der Waals surface area contributed by atoms with E-state index in [1.165, 1.54) is 12.3 Å². The third-order valence-electron chi connectivity index (χ3n) is 1.69. The van der Waals surface area contributed by atoms with E-state index in [0.29, 0.717) is 12.5 Å². The van der Waals surface area contributed by atoms with E-state index >= 15 is 0 Å². The average Bonchev–Trinajstić information content (AvgIpc) is 2.15. The fourth-order valence-corrected chi connectivity index (χ4v) is 0.956. The van der Waals surface area contributed by atoms with Gasteiger partial charge in [-0.1, -0.05) is 13.8 Å². The maximum absolute atomic E-state index is 11.4. The van der Waals surface area contributed by atoms with Crippen LogP contribution in [0.15, 0.2) is 18.3 Å². The normalized spacial score (nSPS) is 10.2. The molecule has 0 atom stereocenters. The number of nitrogens with zero attached hydrogens (tertiary/aromatic N) is 1. The molecule has 1 N–H and O–H groups in total. The van der Waals surface area contributed by atoms with Crippen molar-refractivity contribution in [3.8, 4) is 5.88 Å². The standard InChI is InChI=1S/C10H13N2O2/c1-7(2)6-12-10(14)8-4-3-5-11-9(8)13/h3-5,7H,6H2,1-2H3,(H,12,14). The molecule has 75 valence electrons. The summed E-state index contributed by atoms with van der Waals surface area (Å²) in [5, 5.41) is 13.8. The first kappa shape index (κ1) is 10.5. The van der Waals surface area contributed by atoms with E-state index in [1.807, 2.05) is 13.8 Å². The fraction of sp³-hybridized carbons (Fsp3) is 0.400. The molecule has 0 aromatic carbocycles. The Kier molecular flexibility index (Phi) is 3.45. The predicted molar refractivity (Wildman–Crippen MR) is 51.5 cm³/mol. The quantitative estimate of drug-likeness (QED) is 0.792. The second kappa shape index (κ2) is 4.60. The first-order valence-corrected chi connectivity index (χ1v) is 4.51. The number of hydrogen-bond acceptors (Lipinski definition) is 2. The van der Waals surface area contributed by atoms with Crippen molar-refractivity contribution in [2.24, 2.45) is 5.92 Å². The molecule has 0 saturated carbocycles. The number of rotatable bonds is 3. The van der Waals surface area contributed by atoms with Crippen molar-refractivity contribution < 1.29 is 9.90 Å². The zero-order valence-electron chi connectivity index (χ0n) is 8.28. The average molecular weight is 193 g/mol. The van der Waals surface area contributed by atoms with Crippen molar-refractivity contribution in [3.05, 3.63) is 23.9 Å². The highest BCUT2D eigenvalue weighted by atomic mass is 16.3. The van der Waals surface area contributed by atoms with Gasteiger partial charge in [-0.2, -0.15) is 0 Å². The Morgan fingerprint density at radius 3 is 2.86 bits per heavy atom. The molecule has 0 unspecified atom stereocenters.